The van der Waals surface area contributed by atoms with E-state index in [0.717, 1.165) is 5.56 Å². The van der Waals surface area contributed by atoms with Gasteiger partial charge in [-0.05, 0) is 54.4 Å². The average molecular weight is 492 g/mol. The number of benzene rings is 3. The second-order valence-corrected chi connectivity index (χ2v) is 8.64. The molecule has 0 atom stereocenters. The first-order chi connectivity index (χ1) is 16.9. The molecule has 4 rings (SSSR count). The second-order valence-electron chi connectivity index (χ2n) is 8.21. The summed E-state index contributed by atoms with van der Waals surface area (Å²) in [5.41, 5.74) is 2.69. The molecule has 0 saturated carbocycles. The summed E-state index contributed by atoms with van der Waals surface area (Å²) in [5.74, 6) is 1.62. The van der Waals surface area contributed by atoms with Gasteiger partial charge in [-0.2, -0.15) is 4.98 Å². The number of carbonyl (C=O) groups is 1. The lowest BCUT2D eigenvalue weighted by molar-refractivity contribution is 0.251. The number of carbonyl (C=O) groups excluding carboxylic acids is 1. The number of methoxy groups -OCH3 is 1. The van der Waals surface area contributed by atoms with Crippen molar-refractivity contribution in [3.05, 3.63) is 77.8 Å². The molecule has 8 nitrogen and oxygen atoms in total. The fourth-order valence-corrected chi connectivity index (χ4v) is 3.49. The summed E-state index contributed by atoms with van der Waals surface area (Å²) < 4.78 is 12.9. The van der Waals surface area contributed by atoms with Crippen LogP contribution in [0.25, 0.3) is 17.1 Å². The van der Waals surface area contributed by atoms with Crippen LogP contribution in [-0.2, 0) is 0 Å². The van der Waals surface area contributed by atoms with Gasteiger partial charge in [-0.25, -0.2) is 9.48 Å². The molecule has 35 heavy (non-hydrogen) atoms. The number of nitrogens with one attached hydrogen (secondary N) is 2. The zero-order valence-corrected chi connectivity index (χ0v) is 20.4. The van der Waals surface area contributed by atoms with Crippen LogP contribution in [0.4, 0.5) is 16.2 Å². The smallest absolute Gasteiger partial charge is 0.336 e. The fraction of sp³-hybridized carbons (Fsp3) is 0.192. The van der Waals surface area contributed by atoms with E-state index in [1.807, 2.05) is 42.5 Å². The monoisotopic (exact) mass is 491 g/mol. The Labute approximate surface area is 208 Å². The Kier molecular flexibility index (Phi) is 7.52. The van der Waals surface area contributed by atoms with Crippen molar-refractivity contribution in [1.82, 2.24) is 14.8 Å². The molecule has 9 heteroatoms. The van der Waals surface area contributed by atoms with Crippen molar-refractivity contribution in [3.63, 3.8) is 0 Å². The van der Waals surface area contributed by atoms with E-state index in [9.17, 15) is 4.79 Å². The zero-order chi connectivity index (χ0) is 24.8. The lowest BCUT2D eigenvalue weighted by Gasteiger charge is -2.11. The number of urea groups is 1. The molecular formula is C26H26ClN5O3. The summed E-state index contributed by atoms with van der Waals surface area (Å²) in [5, 5.41) is 10.7. The third-order valence-electron chi connectivity index (χ3n) is 4.89. The zero-order valence-electron chi connectivity index (χ0n) is 19.7. The number of amides is 2. The number of hydrogen-bond acceptors (Lipinski definition) is 5. The molecule has 0 unspecified atom stereocenters. The van der Waals surface area contributed by atoms with Crippen molar-refractivity contribution in [3.8, 4) is 28.8 Å². The number of halogens is 1. The van der Waals surface area contributed by atoms with E-state index in [1.165, 1.54) is 0 Å². The van der Waals surface area contributed by atoms with Crippen molar-refractivity contribution in [2.45, 2.75) is 13.8 Å². The Bertz CT molecular complexity index is 1320. The number of anilines is 2. The minimum Gasteiger partial charge on any atom is -0.497 e. The van der Waals surface area contributed by atoms with Crippen LogP contribution in [-0.4, -0.2) is 34.5 Å². The van der Waals surface area contributed by atoms with E-state index in [-0.39, 0.29) is 6.01 Å². The topological polar surface area (TPSA) is 90.3 Å². The number of aromatic nitrogens is 3. The fourth-order valence-electron chi connectivity index (χ4n) is 3.30. The summed E-state index contributed by atoms with van der Waals surface area (Å²) >= 11 is 6.00. The van der Waals surface area contributed by atoms with Crippen LogP contribution in [0.1, 0.15) is 13.8 Å². The van der Waals surface area contributed by atoms with Crippen molar-refractivity contribution < 1.29 is 14.3 Å². The maximum Gasteiger partial charge on any atom is 0.336 e. The van der Waals surface area contributed by atoms with Gasteiger partial charge in [-0.1, -0.05) is 49.7 Å². The number of rotatable bonds is 8. The van der Waals surface area contributed by atoms with Gasteiger partial charge in [0.25, 0.3) is 0 Å². The number of hydrogen-bond donors (Lipinski definition) is 2. The number of nitrogens with zero attached hydrogens (tertiary/aromatic N) is 3. The molecule has 0 aliphatic rings. The molecule has 1 heterocycles. The van der Waals surface area contributed by atoms with E-state index >= 15 is 0 Å². The maximum absolute atomic E-state index is 12.5. The molecule has 2 N–H and O–H groups in total. The molecule has 0 saturated heterocycles. The lowest BCUT2D eigenvalue weighted by Crippen LogP contribution is -2.19. The summed E-state index contributed by atoms with van der Waals surface area (Å²) in [7, 11) is 1.62. The molecular weight excluding hydrogens is 466 g/mol. The van der Waals surface area contributed by atoms with Gasteiger partial charge in [0.05, 0.1) is 19.4 Å². The predicted octanol–water partition coefficient (Wildman–Crippen LogP) is 6.28. The summed E-state index contributed by atoms with van der Waals surface area (Å²) in [4.78, 5) is 17.1. The van der Waals surface area contributed by atoms with Crippen molar-refractivity contribution in [1.29, 1.82) is 0 Å². The van der Waals surface area contributed by atoms with Crippen LogP contribution in [0.2, 0.25) is 5.02 Å². The minimum atomic E-state index is -0.392. The first kappa shape index (κ1) is 24.1. The maximum atomic E-state index is 12.5. The van der Waals surface area contributed by atoms with Crippen LogP contribution in [0.5, 0.6) is 11.8 Å². The highest BCUT2D eigenvalue weighted by Gasteiger charge is 2.16. The molecule has 3 aromatic carbocycles. The summed E-state index contributed by atoms with van der Waals surface area (Å²) in [6.07, 6.45) is 0. The third kappa shape index (κ3) is 6.30. The molecule has 0 radical (unpaired) electrons. The Morgan fingerprint density at radius 2 is 1.71 bits per heavy atom. The van der Waals surface area contributed by atoms with Gasteiger partial charge in [0.15, 0.2) is 5.82 Å². The van der Waals surface area contributed by atoms with E-state index in [1.54, 1.807) is 42.1 Å². The SMILES string of the molecule is COc1cccc(-c2nc(OCC(C)C)nn2-c2cccc(NC(=O)Nc3cccc(Cl)c3)c2)c1. The molecule has 0 aliphatic carbocycles. The highest BCUT2D eigenvalue weighted by molar-refractivity contribution is 6.30. The van der Waals surface area contributed by atoms with Gasteiger partial charge in [-0.15, -0.1) is 5.10 Å². The van der Waals surface area contributed by atoms with Crippen molar-refractivity contribution >= 4 is 29.0 Å². The first-order valence-electron chi connectivity index (χ1n) is 11.1. The molecule has 4 aromatic rings. The Balaban J connectivity index is 1.63. The van der Waals surface area contributed by atoms with Gasteiger partial charge >= 0.3 is 12.0 Å². The summed E-state index contributed by atoms with van der Waals surface area (Å²) in [6, 6.07) is 21.7. The standard InChI is InChI=1S/C26H26ClN5O3/c1-17(2)16-35-26-30-24(18-7-4-12-23(13-18)34-3)32(31-26)22-11-6-10-21(15-22)29-25(33)28-20-9-5-8-19(27)14-20/h4-15,17H,16H2,1-3H3,(H2,28,29,33). The molecule has 180 valence electrons. The Morgan fingerprint density at radius 3 is 2.43 bits per heavy atom. The van der Waals surface area contributed by atoms with Crippen LogP contribution >= 0.6 is 11.6 Å². The van der Waals surface area contributed by atoms with Gasteiger partial charge in [-0.3, -0.25) is 0 Å². The molecule has 1 aromatic heterocycles. The van der Waals surface area contributed by atoms with Crippen molar-refractivity contribution in [2.24, 2.45) is 5.92 Å². The van der Waals surface area contributed by atoms with Gasteiger partial charge in [0, 0.05) is 22.0 Å². The van der Waals surface area contributed by atoms with Gasteiger partial charge < -0.3 is 20.1 Å². The van der Waals surface area contributed by atoms with Crippen molar-refractivity contribution in [2.75, 3.05) is 24.4 Å². The van der Waals surface area contributed by atoms with Crippen LogP contribution in [0.15, 0.2) is 72.8 Å². The highest BCUT2D eigenvalue weighted by Crippen LogP contribution is 2.27. The van der Waals surface area contributed by atoms with E-state index in [4.69, 9.17) is 21.1 Å². The van der Waals surface area contributed by atoms with E-state index < -0.39 is 6.03 Å². The van der Waals surface area contributed by atoms with E-state index in [2.05, 4.69) is 34.6 Å². The molecule has 2 amide bonds. The lowest BCUT2D eigenvalue weighted by atomic mass is 10.2. The largest absolute Gasteiger partial charge is 0.497 e. The first-order valence-corrected chi connectivity index (χ1v) is 11.5. The van der Waals surface area contributed by atoms with Gasteiger partial charge in [0.2, 0.25) is 0 Å². The predicted molar refractivity (Wildman–Crippen MR) is 138 cm³/mol. The van der Waals surface area contributed by atoms with Gasteiger partial charge in [0.1, 0.15) is 5.75 Å². The average Bonchev–Trinajstić information content (AvgIpc) is 3.27. The Hall–Kier alpha value is -4.04. The molecule has 0 aliphatic heterocycles. The summed E-state index contributed by atoms with van der Waals surface area (Å²) in [6.45, 7) is 4.61. The van der Waals surface area contributed by atoms with Crippen LogP contribution in [0, 0.1) is 5.92 Å². The Morgan fingerprint density at radius 1 is 1.00 bits per heavy atom. The highest BCUT2D eigenvalue weighted by atomic mass is 35.5. The molecule has 0 bridgehead atoms. The normalized spacial score (nSPS) is 10.8. The third-order valence-corrected chi connectivity index (χ3v) is 5.13. The van der Waals surface area contributed by atoms with Crippen LogP contribution < -0.4 is 20.1 Å². The molecule has 0 fully saturated rings. The number of ether oxygens (including phenoxy) is 2. The minimum absolute atomic E-state index is 0.272. The van der Waals surface area contributed by atoms with Crippen LogP contribution in [0.3, 0.4) is 0 Å². The second kappa shape index (κ2) is 10.9. The molecule has 0 spiro atoms. The van der Waals surface area contributed by atoms with E-state index in [0.29, 0.717) is 46.2 Å². The quantitative estimate of drug-likeness (QED) is 0.303.